The molecule has 0 bridgehead atoms. The highest BCUT2D eigenvalue weighted by atomic mass is 19.1. The molecule has 0 amide bonds. The molecule has 0 radical (unpaired) electrons. The maximum atomic E-state index is 13.9. The molecule has 4 heteroatoms. The first kappa shape index (κ1) is 15.1. The van der Waals surface area contributed by atoms with Crippen molar-refractivity contribution in [2.24, 2.45) is 0 Å². The Hall–Kier alpha value is -1.26. The smallest absolute Gasteiger partial charge is 0.168 e. The molecule has 1 fully saturated rings. The zero-order valence-corrected chi connectivity index (χ0v) is 12.2. The van der Waals surface area contributed by atoms with Gasteiger partial charge in [-0.05, 0) is 57.0 Å². The van der Waals surface area contributed by atoms with Crippen LogP contribution >= 0.6 is 0 Å². The average Bonchev–Trinajstić information content (AvgIpc) is 2.38. The van der Waals surface area contributed by atoms with Gasteiger partial charge in [-0.25, -0.2) is 4.39 Å². The van der Waals surface area contributed by atoms with Crippen LogP contribution < -0.4 is 5.32 Å². The summed E-state index contributed by atoms with van der Waals surface area (Å²) < 4.78 is 19.6. The fourth-order valence-corrected chi connectivity index (χ4v) is 2.67. The quantitative estimate of drug-likeness (QED) is 0.842. The summed E-state index contributed by atoms with van der Waals surface area (Å²) in [6.45, 7) is 5.90. The van der Waals surface area contributed by atoms with Crippen molar-refractivity contribution < 1.29 is 13.9 Å². The number of carbonyl (C=O) groups excluding carboxylic acids is 1. The summed E-state index contributed by atoms with van der Waals surface area (Å²) in [6, 6.07) is 3.25. The van der Waals surface area contributed by atoms with Gasteiger partial charge in [-0.2, -0.15) is 0 Å². The maximum absolute atomic E-state index is 13.9. The molecule has 0 aliphatic carbocycles. The monoisotopic (exact) mass is 279 g/mol. The van der Waals surface area contributed by atoms with Crippen molar-refractivity contribution in [2.75, 3.05) is 19.7 Å². The zero-order chi connectivity index (χ0) is 14.5. The maximum Gasteiger partial charge on any atom is 0.168 e. The van der Waals surface area contributed by atoms with Gasteiger partial charge in [0.1, 0.15) is 5.82 Å². The highest BCUT2D eigenvalue weighted by molar-refractivity contribution is 5.97. The summed E-state index contributed by atoms with van der Waals surface area (Å²) in [5.41, 5.74) is 1.75. The Balaban J connectivity index is 1.88. The van der Waals surface area contributed by atoms with Crippen LogP contribution in [0, 0.1) is 19.7 Å². The number of hydrogen-bond acceptors (Lipinski definition) is 3. The van der Waals surface area contributed by atoms with Crippen molar-refractivity contribution in [3.63, 3.8) is 0 Å². The van der Waals surface area contributed by atoms with Crippen LogP contribution in [0.5, 0.6) is 0 Å². The van der Waals surface area contributed by atoms with Crippen LogP contribution in [0.1, 0.15) is 40.7 Å². The minimum Gasteiger partial charge on any atom is -0.378 e. The summed E-state index contributed by atoms with van der Waals surface area (Å²) in [5.74, 6) is -0.594. The molecule has 1 aromatic carbocycles. The number of Topliss-reactive ketones (excluding diaryl/α,β-unsaturated/α-hetero) is 1. The minimum absolute atomic E-state index is 0.172. The Morgan fingerprint density at radius 1 is 1.35 bits per heavy atom. The number of piperidine rings is 1. The second-order valence-electron chi connectivity index (χ2n) is 5.43. The average molecular weight is 279 g/mol. The molecule has 3 nitrogen and oxygen atoms in total. The third-order valence-electron chi connectivity index (χ3n) is 3.68. The third-order valence-corrected chi connectivity index (χ3v) is 3.68. The number of aryl methyl sites for hydroxylation is 2. The standard InChI is InChI=1S/C16H22FNO2/c1-11-9-12(2)16(14(17)10-11)15(19)5-8-20-13-3-6-18-7-4-13/h9-10,13,18H,3-8H2,1-2H3. The lowest BCUT2D eigenvalue weighted by Crippen LogP contribution is -2.32. The number of carbonyl (C=O) groups is 1. The summed E-state index contributed by atoms with van der Waals surface area (Å²) in [4.78, 5) is 12.1. The first-order chi connectivity index (χ1) is 9.58. The van der Waals surface area contributed by atoms with Gasteiger partial charge in [0, 0.05) is 6.42 Å². The van der Waals surface area contributed by atoms with E-state index >= 15 is 0 Å². The zero-order valence-electron chi connectivity index (χ0n) is 12.2. The molecule has 1 aromatic rings. The van der Waals surface area contributed by atoms with E-state index in [1.165, 1.54) is 6.07 Å². The molecule has 1 N–H and O–H groups in total. The molecule has 1 aliphatic rings. The van der Waals surface area contributed by atoms with Gasteiger partial charge in [0.05, 0.1) is 18.3 Å². The van der Waals surface area contributed by atoms with Gasteiger partial charge >= 0.3 is 0 Å². The van der Waals surface area contributed by atoms with Crippen molar-refractivity contribution in [3.05, 3.63) is 34.6 Å². The molecule has 2 rings (SSSR count). The Bertz CT molecular complexity index is 458. The van der Waals surface area contributed by atoms with Crippen molar-refractivity contribution in [1.29, 1.82) is 0 Å². The second kappa shape index (κ2) is 6.95. The van der Waals surface area contributed by atoms with E-state index in [0.717, 1.165) is 31.5 Å². The van der Waals surface area contributed by atoms with Crippen molar-refractivity contribution in [1.82, 2.24) is 5.32 Å². The Morgan fingerprint density at radius 2 is 2.05 bits per heavy atom. The van der Waals surface area contributed by atoms with Gasteiger partial charge in [0.15, 0.2) is 5.78 Å². The number of ketones is 1. The van der Waals surface area contributed by atoms with E-state index in [4.69, 9.17) is 4.74 Å². The Morgan fingerprint density at radius 3 is 2.70 bits per heavy atom. The molecule has 0 spiro atoms. The normalized spacial score (nSPS) is 16.4. The molecule has 0 atom stereocenters. The molecule has 1 saturated heterocycles. The predicted molar refractivity (Wildman–Crippen MR) is 76.7 cm³/mol. The predicted octanol–water partition coefficient (Wildman–Crippen LogP) is 2.78. The van der Waals surface area contributed by atoms with E-state index in [-0.39, 0.29) is 23.9 Å². The van der Waals surface area contributed by atoms with E-state index in [2.05, 4.69) is 5.32 Å². The first-order valence-electron chi connectivity index (χ1n) is 7.20. The van der Waals surface area contributed by atoms with Crippen LogP contribution in [-0.4, -0.2) is 31.6 Å². The molecule has 1 aliphatic heterocycles. The topological polar surface area (TPSA) is 38.3 Å². The largest absolute Gasteiger partial charge is 0.378 e. The fourth-order valence-electron chi connectivity index (χ4n) is 2.67. The molecule has 110 valence electrons. The van der Waals surface area contributed by atoms with Crippen LogP contribution in [0.25, 0.3) is 0 Å². The highest BCUT2D eigenvalue weighted by Gasteiger charge is 2.17. The first-order valence-corrected chi connectivity index (χ1v) is 7.20. The summed E-state index contributed by atoms with van der Waals surface area (Å²) in [5, 5.41) is 3.26. The van der Waals surface area contributed by atoms with E-state index in [1.807, 2.05) is 13.0 Å². The lowest BCUT2D eigenvalue weighted by Gasteiger charge is -2.22. The molecule has 0 aromatic heterocycles. The van der Waals surface area contributed by atoms with Gasteiger partial charge in [-0.15, -0.1) is 0 Å². The van der Waals surface area contributed by atoms with Gasteiger partial charge in [-0.1, -0.05) is 6.07 Å². The van der Waals surface area contributed by atoms with Crippen LogP contribution in [0.15, 0.2) is 12.1 Å². The van der Waals surface area contributed by atoms with E-state index < -0.39 is 5.82 Å². The molecule has 20 heavy (non-hydrogen) atoms. The molecule has 0 saturated carbocycles. The molecular formula is C16H22FNO2. The van der Waals surface area contributed by atoms with Crippen molar-refractivity contribution >= 4 is 5.78 Å². The van der Waals surface area contributed by atoms with Crippen LogP contribution in [-0.2, 0) is 4.74 Å². The fraction of sp³-hybridized carbons (Fsp3) is 0.562. The van der Waals surface area contributed by atoms with E-state index in [1.54, 1.807) is 6.92 Å². The lowest BCUT2D eigenvalue weighted by molar-refractivity contribution is 0.0313. The third kappa shape index (κ3) is 3.87. The van der Waals surface area contributed by atoms with Gasteiger partial charge in [0.2, 0.25) is 0 Å². The van der Waals surface area contributed by atoms with Crippen LogP contribution in [0.4, 0.5) is 4.39 Å². The summed E-state index contributed by atoms with van der Waals surface area (Å²) >= 11 is 0. The SMILES string of the molecule is Cc1cc(C)c(C(=O)CCOC2CCNCC2)c(F)c1. The number of rotatable bonds is 5. The summed E-state index contributed by atoms with van der Waals surface area (Å²) in [7, 11) is 0. The number of nitrogens with one attached hydrogen (secondary N) is 1. The van der Waals surface area contributed by atoms with Gasteiger partial charge < -0.3 is 10.1 Å². The van der Waals surface area contributed by atoms with E-state index in [0.29, 0.717) is 12.2 Å². The molecular weight excluding hydrogens is 257 g/mol. The molecule has 1 heterocycles. The van der Waals surface area contributed by atoms with E-state index in [9.17, 15) is 9.18 Å². The van der Waals surface area contributed by atoms with Crippen molar-refractivity contribution in [3.8, 4) is 0 Å². The number of benzene rings is 1. The van der Waals surface area contributed by atoms with Gasteiger partial charge in [0.25, 0.3) is 0 Å². The summed E-state index contributed by atoms with van der Waals surface area (Å²) in [6.07, 6.45) is 2.43. The minimum atomic E-state index is -0.422. The molecule has 0 unspecified atom stereocenters. The number of ether oxygens (including phenoxy) is 1. The lowest BCUT2D eigenvalue weighted by atomic mass is 10.00. The number of hydrogen-bond donors (Lipinski definition) is 1. The Labute approximate surface area is 119 Å². The van der Waals surface area contributed by atoms with Crippen LogP contribution in [0.2, 0.25) is 0 Å². The Kier molecular flexibility index (Phi) is 5.26. The van der Waals surface area contributed by atoms with Crippen LogP contribution in [0.3, 0.4) is 0 Å². The second-order valence-corrected chi connectivity index (χ2v) is 5.43. The number of halogens is 1. The highest BCUT2D eigenvalue weighted by Crippen LogP contribution is 2.18. The van der Waals surface area contributed by atoms with Gasteiger partial charge in [-0.3, -0.25) is 4.79 Å². The van der Waals surface area contributed by atoms with Crippen molar-refractivity contribution in [2.45, 2.75) is 39.2 Å².